The van der Waals surface area contributed by atoms with Crippen molar-refractivity contribution in [2.24, 2.45) is 5.14 Å². The van der Waals surface area contributed by atoms with E-state index < -0.39 is 34.7 Å². The van der Waals surface area contributed by atoms with Crippen molar-refractivity contribution in [2.75, 3.05) is 13.2 Å². The molecule has 1 rings (SSSR count). The van der Waals surface area contributed by atoms with Gasteiger partial charge in [0.25, 0.3) is 5.91 Å². The first kappa shape index (κ1) is 17.5. The van der Waals surface area contributed by atoms with E-state index in [4.69, 9.17) is 15.4 Å². The minimum absolute atomic E-state index is 0.00299. The first-order valence-electron chi connectivity index (χ1n) is 6.12. The maximum atomic E-state index is 11.4. The molecule has 8 nitrogen and oxygen atoms in total. The summed E-state index contributed by atoms with van der Waals surface area (Å²) in [6, 6.07) is 5.84. The van der Waals surface area contributed by atoms with Gasteiger partial charge in [-0.25, -0.2) is 13.6 Å². The molecule has 21 heavy (non-hydrogen) atoms. The highest BCUT2D eigenvalue weighted by Gasteiger charge is 2.22. The molecule has 1 aromatic carbocycles. The van der Waals surface area contributed by atoms with Gasteiger partial charge in [-0.2, -0.15) is 0 Å². The largest absolute Gasteiger partial charge is 0.394 e. The number of hydrogen-bond donors (Lipinski definition) is 5. The van der Waals surface area contributed by atoms with Gasteiger partial charge >= 0.3 is 0 Å². The fraction of sp³-hybridized carbons (Fsp3) is 0.417. The SMILES string of the molecule is NS(=O)(=O)c1ccc(CCNC(=O)C(O)C(O)CO)cc1. The highest BCUT2D eigenvalue weighted by atomic mass is 32.2. The van der Waals surface area contributed by atoms with Crippen molar-refractivity contribution < 1.29 is 28.5 Å². The number of rotatable bonds is 7. The molecule has 0 radical (unpaired) electrons. The number of carbonyl (C=O) groups excluding carboxylic acids is 1. The van der Waals surface area contributed by atoms with E-state index in [1.807, 2.05) is 0 Å². The van der Waals surface area contributed by atoms with Crippen molar-refractivity contribution in [2.45, 2.75) is 23.5 Å². The first-order valence-corrected chi connectivity index (χ1v) is 7.66. The summed E-state index contributed by atoms with van der Waals surface area (Å²) in [4.78, 5) is 11.4. The summed E-state index contributed by atoms with van der Waals surface area (Å²) in [6.45, 7) is -0.535. The second-order valence-electron chi connectivity index (χ2n) is 4.42. The summed E-state index contributed by atoms with van der Waals surface area (Å²) in [6.07, 6.45) is -2.82. The number of sulfonamides is 1. The molecule has 1 amide bonds. The number of nitrogens with one attached hydrogen (secondary N) is 1. The van der Waals surface area contributed by atoms with Gasteiger partial charge in [0, 0.05) is 6.54 Å². The lowest BCUT2D eigenvalue weighted by atomic mass is 10.1. The smallest absolute Gasteiger partial charge is 0.251 e. The minimum atomic E-state index is -3.73. The Morgan fingerprint density at radius 2 is 1.81 bits per heavy atom. The molecule has 2 unspecified atom stereocenters. The normalized spacial score (nSPS) is 14.5. The molecule has 0 saturated heterocycles. The number of carbonyl (C=O) groups is 1. The lowest BCUT2D eigenvalue weighted by molar-refractivity contribution is -0.136. The van der Waals surface area contributed by atoms with E-state index in [0.29, 0.717) is 6.42 Å². The van der Waals surface area contributed by atoms with E-state index in [2.05, 4.69) is 5.32 Å². The molecule has 118 valence electrons. The molecule has 0 aromatic heterocycles. The molecular weight excluding hydrogens is 300 g/mol. The van der Waals surface area contributed by atoms with Crippen molar-refractivity contribution in [3.05, 3.63) is 29.8 Å². The van der Waals surface area contributed by atoms with Gasteiger partial charge in [0.15, 0.2) is 6.10 Å². The Morgan fingerprint density at radius 1 is 1.24 bits per heavy atom. The van der Waals surface area contributed by atoms with Crippen LogP contribution in [0.1, 0.15) is 5.56 Å². The predicted molar refractivity (Wildman–Crippen MR) is 73.6 cm³/mol. The van der Waals surface area contributed by atoms with Crippen molar-refractivity contribution in [3.8, 4) is 0 Å². The van der Waals surface area contributed by atoms with Gasteiger partial charge < -0.3 is 20.6 Å². The number of aliphatic hydroxyl groups excluding tert-OH is 3. The molecular formula is C12H18N2O6S. The van der Waals surface area contributed by atoms with Crippen LogP contribution in [0.15, 0.2) is 29.2 Å². The second-order valence-corrected chi connectivity index (χ2v) is 5.99. The van der Waals surface area contributed by atoms with Crippen molar-refractivity contribution in [1.82, 2.24) is 5.32 Å². The van der Waals surface area contributed by atoms with Crippen molar-refractivity contribution in [1.29, 1.82) is 0 Å². The number of aliphatic hydroxyl groups is 3. The van der Waals surface area contributed by atoms with Gasteiger partial charge in [0.1, 0.15) is 6.10 Å². The van der Waals surface area contributed by atoms with Gasteiger partial charge in [-0.3, -0.25) is 4.79 Å². The Balaban J connectivity index is 2.48. The van der Waals surface area contributed by atoms with Crippen LogP contribution in [0.5, 0.6) is 0 Å². The molecule has 0 spiro atoms. The lowest BCUT2D eigenvalue weighted by Gasteiger charge is -2.15. The Kier molecular flexibility index (Phi) is 6.24. The van der Waals surface area contributed by atoms with E-state index in [0.717, 1.165) is 5.56 Å². The molecule has 0 saturated carbocycles. The van der Waals surface area contributed by atoms with E-state index in [1.165, 1.54) is 12.1 Å². The summed E-state index contributed by atoms with van der Waals surface area (Å²) in [7, 11) is -3.73. The van der Waals surface area contributed by atoms with Gasteiger partial charge in [0.05, 0.1) is 11.5 Å². The monoisotopic (exact) mass is 318 g/mol. The molecule has 0 fully saturated rings. The molecule has 6 N–H and O–H groups in total. The molecule has 0 bridgehead atoms. The van der Waals surface area contributed by atoms with Gasteiger partial charge in [-0.05, 0) is 24.1 Å². The number of primary sulfonamides is 1. The molecule has 1 aromatic rings. The van der Waals surface area contributed by atoms with Crippen LogP contribution >= 0.6 is 0 Å². The quantitative estimate of drug-likeness (QED) is 0.382. The Morgan fingerprint density at radius 3 is 2.29 bits per heavy atom. The fourth-order valence-electron chi connectivity index (χ4n) is 1.55. The fourth-order valence-corrected chi connectivity index (χ4v) is 2.07. The number of hydrogen-bond acceptors (Lipinski definition) is 6. The molecule has 2 atom stereocenters. The summed E-state index contributed by atoms with van der Waals surface area (Å²) in [5.74, 6) is -0.794. The molecule has 0 aliphatic rings. The topological polar surface area (TPSA) is 150 Å². The van der Waals surface area contributed by atoms with Gasteiger partial charge in [0.2, 0.25) is 10.0 Å². The van der Waals surface area contributed by atoms with Crippen LogP contribution in [0.2, 0.25) is 0 Å². The van der Waals surface area contributed by atoms with Gasteiger partial charge in [-0.1, -0.05) is 12.1 Å². The molecule has 0 heterocycles. The van der Waals surface area contributed by atoms with E-state index >= 15 is 0 Å². The van der Waals surface area contributed by atoms with Crippen molar-refractivity contribution >= 4 is 15.9 Å². The highest BCUT2D eigenvalue weighted by molar-refractivity contribution is 7.89. The minimum Gasteiger partial charge on any atom is -0.394 e. The zero-order valence-electron chi connectivity index (χ0n) is 11.1. The third kappa shape index (κ3) is 5.40. The number of benzene rings is 1. The van der Waals surface area contributed by atoms with Crippen LogP contribution < -0.4 is 10.5 Å². The molecule has 0 aliphatic carbocycles. The highest BCUT2D eigenvalue weighted by Crippen LogP contribution is 2.08. The van der Waals surface area contributed by atoms with Crippen LogP contribution in [0.3, 0.4) is 0 Å². The maximum Gasteiger partial charge on any atom is 0.251 e. The van der Waals surface area contributed by atoms with Crippen LogP contribution in [0, 0.1) is 0 Å². The predicted octanol–water partition coefficient (Wildman–Crippen LogP) is -2.29. The van der Waals surface area contributed by atoms with Crippen LogP contribution in [-0.2, 0) is 21.2 Å². The Bertz CT molecular complexity index is 572. The summed E-state index contributed by atoms with van der Waals surface area (Å²) < 4.78 is 22.1. The Labute approximate surface area is 122 Å². The summed E-state index contributed by atoms with van der Waals surface area (Å²) in [5.41, 5.74) is 0.764. The first-order chi connectivity index (χ1) is 9.75. The molecule has 9 heteroatoms. The Hall–Kier alpha value is -1.52. The average molecular weight is 318 g/mol. The van der Waals surface area contributed by atoms with E-state index in [9.17, 15) is 18.3 Å². The van der Waals surface area contributed by atoms with Crippen molar-refractivity contribution in [3.63, 3.8) is 0 Å². The lowest BCUT2D eigenvalue weighted by Crippen LogP contribution is -2.44. The number of amides is 1. The van der Waals surface area contributed by atoms with Crippen LogP contribution in [0.25, 0.3) is 0 Å². The van der Waals surface area contributed by atoms with Crippen LogP contribution in [0.4, 0.5) is 0 Å². The zero-order chi connectivity index (χ0) is 16.0. The van der Waals surface area contributed by atoms with Gasteiger partial charge in [-0.15, -0.1) is 0 Å². The standard InChI is InChI=1S/C12H18N2O6S/c13-21(19,20)9-3-1-8(2-4-9)5-6-14-12(18)11(17)10(16)7-15/h1-4,10-11,15-17H,5-7H2,(H,14,18)(H2,13,19,20). The molecule has 0 aliphatic heterocycles. The van der Waals surface area contributed by atoms with E-state index in [-0.39, 0.29) is 11.4 Å². The number of nitrogens with two attached hydrogens (primary N) is 1. The second kappa shape index (κ2) is 7.48. The third-order valence-electron chi connectivity index (χ3n) is 2.78. The average Bonchev–Trinajstić information content (AvgIpc) is 2.45. The maximum absolute atomic E-state index is 11.4. The van der Waals surface area contributed by atoms with E-state index in [1.54, 1.807) is 12.1 Å². The zero-order valence-corrected chi connectivity index (χ0v) is 12.0. The van der Waals surface area contributed by atoms with Crippen LogP contribution in [-0.4, -0.2) is 55.0 Å². The summed E-state index contributed by atoms with van der Waals surface area (Å²) in [5, 5.41) is 34.3. The summed E-state index contributed by atoms with van der Waals surface area (Å²) >= 11 is 0. The third-order valence-corrected chi connectivity index (χ3v) is 3.71.